The third kappa shape index (κ3) is 5.89. The Morgan fingerprint density at radius 3 is 2.65 bits per heavy atom. The van der Waals surface area contributed by atoms with E-state index in [0.29, 0.717) is 6.61 Å². The quantitative estimate of drug-likeness (QED) is 0.786. The van der Waals surface area contributed by atoms with Crippen molar-refractivity contribution in [2.75, 3.05) is 19.8 Å². The van der Waals surface area contributed by atoms with Crippen molar-refractivity contribution in [3.8, 4) is 0 Å². The topological polar surface area (TPSA) is 67.8 Å². The number of rotatable bonds is 3. The predicted molar refractivity (Wildman–Crippen MR) is 63.8 cm³/mol. The number of carbonyl (C=O) groups excluding carboxylic acids is 1. The number of carbonyl (C=O) groups is 1. The van der Waals surface area contributed by atoms with Gasteiger partial charge in [-0.2, -0.15) is 0 Å². The summed E-state index contributed by atoms with van der Waals surface area (Å²) in [6.07, 6.45) is 1.30. The summed E-state index contributed by atoms with van der Waals surface area (Å²) in [5, 5.41) is 11.7. The van der Waals surface area contributed by atoms with Crippen molar-refractivity contribution >= 4 is 6.09 Å². The van der Waals surface area contributed by atoms with E-state index >= 15 is 0 Å². The summed E-state index contributed by atoms with van der Waals surface area (Å²) in [7, 11) is 0. The lowest BCUT2D eigenvalue weighted by atomic mass is 10.00. The zero-order chi connectivity index (χ0) is 12.9. The summed E-state index contributed by atoms with van der Waals surface area (Å²) < 4.78 is 10.6. The van der Waals surface area contributed by atoms with Gasteiger partial charge in [0, 0.05) is 18.1 Å². The molecule has 1 unspecified atom stereocenters. The number of hydrogen-bond donors (Lipinski definition) is 2. The van der Waals surface area contributed by atoms with Crippen LogP contribution >= 0.6 is 0 Å². The minimum Gasteiger partial charge on any atom is -0.447 e. The number of nitrogens with one attached hydrogen (secondary N) is 1. The molecule has 1 rings (SSSR count). The average Bonchev–Trinajstić information content (AvgIpc) is 2.25. The Bertz CT molecular complexity index is 241. The van der Waals surface area contributed by atoms with Crippen LogP contribution in [0.1, 0.15) is 33.6 Å². The van der Waals surface area contributed by atoms with Gasteiger partial charge in [-0.1, -0.05) is 0 Å². The number of hydrogen-bond acceptors (Lipinski definition) is 4. The molecule has 100 valence electrons. The highest BCUT2D eigenvalue weighted by Crippen LogP contribution is 2.18. The van der Waals surface area contributed by atoms with Crippen LogP contribution in [0, 0.1) is 5.92 Å². The van der Waals surface area contributed by atoms with Gasteiger partial charge in [0.1, 0.15) is 6.61 Å². The minimum atomic E-state index is -0.412. The predicted octanol–water partition coefficient (Wildman–Crippen LogP) is 1.30. The van der Waals surface area contributed by atoms with E-state index in [4.69, 9.17) is 14.6 Å². The van der Waals surface area contributed by atoms with Gasteiger partial charge in [-0.05, 0) is 33.6 Å². The second-order valence-corrected chi connectivity index (χ2v) is 5.55. The van der Waals surface area contributed by atoms with Crippen molar-refractivity contribution in [3.63, 3.8) is 0 Å². The number of aliphatic hydroxyl groups excluding tert-OH is 1. The first-order valence-corrected chi connectivity index (χ1v) is 6.08. The lowest BCUT2D eigenvalue weighted by molar-refractivity contribution is -0.0560. The molecular formula is C12H23NO4. The SMILES string of the molecule is CC(C)(C)NC(=O)OCC1CC[C@@H](CO)CO1. The molecule has 0 aromatic heterocycles. The van der Waals surface area contributed by atoms with Crippen LogP contribution in [0.2, 0.25) is 0 Å². The van der Waals surface area contributed by atoms with E-state index in [1.165, 1.54) is 0 Å². The maximum Gasteiger partial charge on any atom is 0.407 e. The summed E-state index contributed by atoms with van der Waals surface area (Å²) in [5.41, 5.74) is -0.285. The molecule has 1 heterocycles. The Morgan fingerprint density at radius 1 is 1.47 bits per heavy atom. The largest absolute Gasteiger partial charge is 0.447 e. The maximum absolute atomic E-state index is 11.4. The van der Waals surface area contributed by atoms with E-state index in [9.17, 15) is 4.79 Å². The van der Waals surface area contributed by atoms with Gasteiger partial charge in [-0.15, -0.1) is 0 Å². The van der Waals surface area contributed by atoms with Crippen LogP contribution in [-0.4, -0.2) is 42.7 Å². The van der Waals surface area contributed by atoms with Crippen molar-refractivity contribution in [1.29, 1.82) is 0 Å². The highest BCUT2D eigenvalue weighted by atomic mass is 16.6. The standard InChI is InChI=1S/C12H23NO4/c1-12(2,3)13-11(15)17-8-10-5-4-9(6-14)7-16-10/h9-10,14H,4-8H2,1-3H3,(H,13,15)/t9-,10?/m0/s1. The lowest BCUT2D eigenvalue weighted by Crippen LogP contribution is -2.42. The van der Waals surface area contributed by atoms with E-state index in [-0.39, 0.29) is 30.8 Å². The third-order valence-electron chi connectivity index (χ3n) is 2.60. The Morgan fingerprint density at radius 2 is 2.18 bits per heavy atom. The van der Waals surface area contributed by atoms with E-state index in [1.807, 2.05) is 20.8 Å². The molecule has 2 atom stereocenters. The van der Waals surface area contributed by atoms with Crippen LogP contribution in [0.15, 0.2) is 0 Å². The van der Waals surface area contributed by atoms with Gasteiger partial charge in [0.2, 0.25) is 0 Å². The molecule has 0 bridgehead atoms. The lowest BCUT2D eigenvalue weighted by Gasteiger charge is -2.28. The smallest absolute Gasteiger partial charge is 0.407 e. The van der Waals surface area contributed by atoms with Crippen molar-refractivity contribution in [1.82, 2.24) is 5.32 Å². The van der Waals surface area contributed by atoms with Crippen LogP contribution in [0.4, 0.5) is 4.79 Å². The average molecular weight is 245 g/mol. The van der Waals surface area contributed by atoms with Crippen LogP contribution < -0.4 is 5.32 Å². The molecule has 5 heteroatoms. The van der Waals surface area contributed by atoms with E-state index in [2.05, 4.69) is 5.32 Å². The van der Waals surface area contributed by atoms with Crippen LogP contribution in [0.3, 0.4) is 0 Å². The second-order valence-electron chi connectivity index (χ2n) is 5.55. The molecular weight excluding hydrogens is 222 g/mol. The normalized spacial score (nSPS) is 25.4. The summed E-state index contributed by atoms with van der Waals surface area (Å²) in [6.45, 7) is 6.69. The van der Waals surface area contributed by atoms with Crippen molar-refractivity contribution in [3.05, 3.63) is 0 Å². The van der Waals surface area contributed by atoms with E-state index < -0.39 is 6.09 Å². The minimum absolute atomic E-state index is 0.0384. The number of ether oxygens (including phenoxy) is 2. The van der Waals surface area contributed by atoms with Gasteiger partial charge in [-0.3, -0.25) is 0 Å². The third-order valence-corrected chi connectivity index (χ3v) is 2.60. The molecule has 0 spiro atoms. The molecule has 1 fully saturated rings. The molecule has 0 aromatic rings. The summed E-state index contributed by atoms with van der Waals surface area (Å²) in [6, 6.07) is 0. The molecule has 1 saturated heterocycles. The van der Waals surface area contributed by atoms with E-state index in [0.717, 1.165) is 12.8 Å². The second kappa shape index (κ2) is 6.21. The molecule has 5 nitrogen and oxygen atoms in total. The first-order valence-electron chi connectivity index (χ1n) is 6.08. The molecule has 1 aliphatic rings. The molecule has 0 saturated carbocycles. The van der Waals surface area contributed by atoms with Gasteiger partial charge in [-0.25, -0.2) is 4.79 Å². The summed E-state index contributed by atoms with van der Waals surface area (Å²) >= 11 is 0. The monoisotopic (exact) mass is 245 g/mol. The Hall–Kier alpha value is -0.810. The maximum atomic E-state index is 11.4. The highest BCUT2D eigenvalue weighted by Gasteiger charge is 2.23. The molecule has 0 aromatic carbocycles. The van der Waals surface area contributed by atoms with E-state index in [1.54, 1.807) is 0 Å². The zero-order valence-electron chi connectivity index (χ0n) is 10.9. The van der Waals surface area contributed by atoms with Gasteiger partial charge in [0.25, 0.3) is 0 Å². The first-order chi connectivity index (χ1) is 7.90. The molecule has 2 N–H and O–H groups in total. The van der Waals surface area contributed by atoms with Crippen LogP contribution in [0.25, 0.3) is 0 Å². The fraction of sp³-hybridized carbons (Fsp3) is 0.917. The molecule has 0 radical (unpaired) electrons. The molecule has 1 amide bonds. The van der Waals surface area contributed by atoms with Gasteiger partial charge < -0.3 is 19.9 Å². The Balaban J connectivity index is 2.17. The summed E-state index contributed by atoms with van der Waals surface area (Å²) in [5.74, 6) is 0.231. The molecule has 17 heavy (non-hydrogen) atoms. The van der Waals surface area contributed by atoms with Crippen molar-refractivity contribution < 1.29 is 19.4 Å². The fourth-order valence-electron chi connectivity index (χ4n) is 1.65. The van der Waals surface area contributed by atoms with Gasteiger partial charge >= 0.3 is 6.09 Å². The highest BCUT2D eigenvalue weighted by molar-refractivity contribution is 5.68. The number of amides is 1. The zero-order valence-corrected chi connectivity index (χ0v) is 10.9. The van der Waals surface area contributed by atoms with Crippen molar-refractivity contribution in [2.24, 2.45) is 5.92 Å². The Kier molecular flexibility index (Phi) is 5.21. The first kappa shape index (κ1) is 14.3. The molecule has 0 aliphatic carbocycles. The fourth-order valence-corrected chi connectivity index (χ4v) is 1.65. The van der Waals surface area contributed by atoms with Gasteiger partial charge in [0.15, 0.2) is 0 Å². The summed E-state index contributed by atoms with van der Waals surface area (Å²) in [4.78, 5) is 11.4. The van der Waals surface area contributed by atoms with Crippen LogP contribution in [-0.2, 0) is 9.47 Å². The van der Waals surface area contributed by atoms with Gasteiger partial charge in [0.05, 0.1) is 12.7 Å². The Labute approximate surface area is 102 Å². The molecule has 1 aliphatic heterocycles. The number of alkyl carbamates (subject to hydrolysis) is 1. The van der Waals surface area contributed by atoms with Crippen molar-refractivity contribution in [2.45, 2.75) is 45.3 Å². The van der Waals surface area contributed by atoms with Crippen LogP contribution in [0.5, 0.6) is 0 Å². The number of aliphatic hydroxyl groups is 1.